The van der Waals surface area contributed by atoms with E-state index >= 15 is 0 Å². The molecule has 1 aliphatic rings. The zero-order valence-corrected chi connectivity index (χ0v) is 17.9. The lowest BCUT2D eigenvalue weighted by Gasteiger charge is -2.28. The molecule has 160 valence electrons. The van der Waals surface area contributed by atoms with Crippen molar-refractivity contribution in [2.75, 3.05) is 13.1 Å². The van der Waals surface area contributed by atoms with Crippen LogP contribution in [0.3, 0.4) is 0 Å². The Hall–Kier alpha value is -2.71. The molecule has 2 aromatic carbocycles. The highest BCUT2D eigenvalue weighted by molar-refractivity contribution is 7.89. The van der Waals surface area contributed by atoms with Crippen LogP contribution < -0.4 is 5.32 Å². The lowest BCUT2D eigenvalue weighted by atomic mass is 10.0. The molecule has 0 unspecified atom stereocenters. The van der Waals surface area contributed by atoms with Crippen molar-refractivity contribution in [3.05, 3.63) is 65.2 Å². The van der Waals surface area contributed by atoms with E-state index in [9.17, 15) is 18.0 Å². The molecule has 0 bridgehead atoms. The topological polar surface area (TPSA) is 92.8 Å². The maximum Gasteiger partial charge on any atom is 0.338 e. The Kier molecular flexibility index (Phi) is 6.89. The Balaban J connectivity index is 1.74. The lowest BCUT2D eigenvalue weighted by Crippen LogP contribution is -2.36. The Morgan fingerprint density at radius 1 is 1.13 bits per heavy atom. The van der Waals surface area contributed by atoms with Crippen molar-refractivity contribution < 1.29 is 22.7 Å². The SMILES string of the molecule is CCCNC(=O)[C@H](C)OC(=O)c1cccc(S(=O)(=O)N2CCc3ccccc3C2)c1. The van der Waals surface area contributed by atoms with Gasteiger partial charge in [0.1, 0.15) is 0 Å². The van der Waals surface area contributed by atoms with E-state index in [1.54, 1.807) is 0 Å². The minimum Gasteiger partial charge on any atom is -0.449 e. The molecule has 0 fully saturated rings. The van der Waals surface area contributed by atoms with Crippen molar-refractivity contribution in [2.24, 2.45) is 0 Å². The van der Waals surface area contributed by atoms with Gasteiger partial charge in [-0.3, -0.25) is 4.79 Å². The van der Waals surface area contributed by atoms with E-state index in [0.29, 0.717) is 26.1 Å². The van der Waals surface area contributed by atoms with E-state index < -0.39 is 22.1 Å². The fraction of sp³-hybridized carbons (Fsp3) is 0.364. The van der Waals surface area contributed by atoms with E-state index in [1.165, 1.54) is 35.5 Å². The number of carbonyl (C=O) groups is 2. The summed E-state index contributed by atoms with van der Waals surface area (Å²) in [6.07, 6.45) is 0.442. The third-order valence-electron chi connectivity index (χ3n) is 5.01. The zero-order valence-electron chi connectivity index (χ0n) is 17.1. The largest absolute Gasteiger partial charge is 0.449 e. The molecule has 0 saturated carbocycles. The van der Waals surface area contributed by atoms with Crippen molar-refractivity contribution in [1.82, 2.24) is 9.62 Å². The number of carbonyl (C=O) groups excluding carboxylic acids is 2. The molecule has 1 amide bonds. The number of benzene rings is 2. The summed E-state index contributed by atoms with van der Waals surface area (Å²) >= 11 is 0. The summed E-state index contributed by atoms with van der Waals surface area (Å²) in [6.45, 7) is 4.57. The second kappa shape index (κ2) is 9.40. The molecule has 7 nitrogen and oxygen atoms in total. The Bertz CT molecular complexity index is 1040. The van der Waals surface area contributed by atoms with E-state index in [4.69, 9.17) is 4.74 Å². The lowest BCUT2D eigenvalue weighted by molar-refractivity contribution is -0.129. The fourth-order valence-electron chi connectivity index (χ4n) is 3.28. The minimum atomic E-state index is -3.77. The van der Waals surface area contributed by atoms with E-state index in [-0.39, 0.29) is 16.4 Å². The van der Waals surface area contributed by atoms with Crippen molar-refractivity contribution >= 4 is 21.9 Å². The Morgan fingerprint density at radius 3 is 2.60 bits per heavy atom. The summed E-state index contributed by atoms with van der Waals surface area (Å²) in [5.74, 6) is -1.13. The summed E-state index contributed by atoms with van der Waals surface area (Å²) in [5.41, 5.74) is 2.22. The van der Waals surface area contributed by atoms with Crippen LogP contribution in [0.4, 0.5) is 0 Å². The molecule has 2 aromatic rings. The Labute approximate surface area is 177 Å². The van der Waals surface area contributed by atoms with Crippen LogP contribution in [-0.2, 0) is 32.5 Å². The molecule has 1 N–H and O–H groups in total. The number of amides is 1. The van der Waals surface area contributed by atoms with Crippen LogP contribution in [0.2, 0.25) is 0 Å². The van der Waals surface area contributed by atoms with Crippen LogP contribution in [0, 0.1) is 0 Å². The van der Waals surface area contributed by atoms with Crippen LogP contribution in [0.25, 0.3) is 0 Å². The van der Waals surface area contributed by atoms with Crippen molar-refractivity contribution in [3.8, 4) is 0 Å². The highest BCUT2D eigenvalue weighted by Crippen LogP contribution is 2.25. The molecule has 0 aromatic heterocycles. The van der Waals surface area contributed by atoms with Gasteiger partial charge in [0.25, 0.3) is 5.91 Å². The van der Waals surface area contributed by atoms with Gasteiger partial charge in [0, 0.05) is 19.6 Å². The summed E-state index contributed by atoms with van der Waals surface area (Å²) in [7, 11) is -3.77. The van der Waals surface area contributed by atoms with Gasteiger partial charge in [-0.15, -0.1) is 0 Å². The second-order valence-corrected chi connectivity index (χ2v) is 9.16. The molecular weight excluding hydrogens is 404 g/mol. The van der Waals surface area contributed by atoms with Gasteiger partial charge in [0.05, 0.1) is 10.5 Å². The number of hydrogen-bond donors (Lipinski definition) is 1. The highest BCUT2D eigenvalue weighted by Gasteiger charge is 2.29. The van der Waals surface area contributed by atoms with E-state index in [2.05, 4.69) is 5.32 Å². The fourth-order valence-corrected chi connectivity index (χ4v) is 4.75. The van der Waals surface area contributed by atoms with Gasteiger partial charge >= 0.3 is 5.97 Å². The molecule has 1 atom stereocenters. The number of sulfonamides is 1. The number of hydrogen-bond acceptors (Lipinski definition) is 5. The van der Waals surface area contributed by atoms with Crippen molar-refractivity contribution in [1.29, 1.82) is 0 Å². The van der Waals surface area contributed by atoms with Crippen LogP contribution in [0.1, 0.15) is 41.8 Å². The number of fused-ring (bicyclic) bond motifs is 1. The van der Waals surface area contributed by atoms with Crippen LogP contribution in [0.5, 0.6) is 0 Å². The van der Waals surface area contributed by atoms with Gasteiger partial charge in [-0.1, -0.05) is 37.3 Å². The number of nitrogens with one attached hydrogen (secondary N) is 1. The first kappa shape index (κ1) is 22.0. The molecule has 3 rings (SSSR count). The highest BCUT2D eigenvalue weighted by atomic mass is 32.2. The summed E-state index contributed by atoms with van der Waals surface area (Å²) in [5, 5.41) is 2.66. The molecule has 0 aliphatic carbocycles. The smallest absolute Gasteiger partial charge is 0.338 e. The molecule has 0 spiro atoms. The number of esters is 1. The first-order valence-corrected chi connectivity index (χ1v) is 11.4. The Morgan fingerprint density at radius 2 is 1.87 bits per heavy atom. The average Bonchev–Trinajstić information content (AvgIpc) is 2.77. The van der Waals surface area contributed by atoms with Gasteiger partial charge < -0.3 is 10.1 Å². The standard InChI is InChI=1S/C22H26N2O5S/c1-3-12-23-21(25)16(2)29-22(26)18-9-6-10-20(14-18)30(27,28)24-13-11-17-7-4-5-8-19(17)15-24/h4-10,14,16H,3,11-13,15H2,1-2H3,(H,23,25)/t16-/m0/s1. The quantitative estimate of drug-likeness (QED) is 0.682. The van der Waals surface area contributed by atoms with Crippen molar-refractivity contribution in [2.45, 2.75) is 44.2 Å². The maximum absolute atomic E-state index is 13.1. The van der Waals surface area contributed by atoms with Gasteiger partial charge in [-0.25, -0.2) is 13.2 Å². The van der Waals surface area contributed by atoms with Crippen molar-refractivity contribution in [3.63, 3.8) is 0 Å². The predicted molar refractivity (Wildman–Crippen MR) is 112 cm³/mol. The third-order valence-corrected chi connectivity index (χ3v) is 6.85. The minimum absolute atomic E-state index is 0.0272. The number of rotatable bonds is 7. The van der Waals surface area contributed by atoms with Gasteiger partial charge in [0.2, 0.25) is 10.0 Å². The van der Waals surface area contributed by atoms with Crippen LogP contribution in [-0.4, -0.2) is 43.8 Å². The molecule has 1 aliphatic heterocycles. The van der Waals surface area contributed by atoms with Crippen LogP contribution >= 0.6 is 0 Å². The normalized spacial score (nSPS) is 15.1. The average molecular weight is 431 g/mol. The van der Waals surface area contributed by atoms with E-state index in [1.807, 2.05) is 31.2 Å². The molecule has 1 heterocycles. The van der Waals surface area contributed by atoms with E-state index in [0.717, 1.165) is 17.5 Å². The van der Waals surface area contributed by atoms with Gasteiger partial charge in [-0.05, 0) is 49.1 Å². The first-order valence-electron chi connectivity index (χ1n) is 9.98. The number of ether oxygens (including phenoxy) is 1. The molecular formula is C22H26N2O5S. The monoisotopic (exact) mass is 430 g/mol. The third kappa shape index (κ3) is 4.88. The van der Waals surface area contributed by atoms with Gasteiger partial charge in [0.15, 0.2) is 6.10 Å². The summed E-state index contributed by atoms with van der Waals surface area (Å²) in [6, 6.07) is 13.5. The second-order valence-electron chi connectivity index (χ2n) is 7.22. The zero-order chi connectivity index (χ0) is 21.7. The van der Waals surface area contributed by atoms with Crippen LogP contribution in [0.15, 0.2) is 53.4 Å². The molecule has 0 saturated heterocycles. The first-order chi connectivity index (χ1) is 14.3. The molecule has 0 radical (unpaired) electrons. The van der Waals surface area contributed by atoms with Gasteiger partial charge in [-0.2, -0.15) is 4.31 Å². The molecule has 8 heteroatoms. The molecule has 30 heavy (non-hydrogen) atoms. The summed E-state index contributed by atoms with van der Waals surface area (Å²) in [4.78, 5) is 24.4. The predicted octanol–water partition coefficient (Wildman–Crippen LogP) is 2.51. The maximum atomic E-state index is 13.1. The number of nitrogens with zero attached hydrogens (tertiary/aromatic N) is 1. The summed E-state index contributed by atoms with van der Waals surface area (Å²) < 4.78 is 32.9.